The Kier molecular flexibility index (Phi) is 3.07. The van der Waals surface area contributed by atoms with Crippen molar-refractivity contribution in [2.45, 2.75) is 43.4 Å². The largest absolute Gasteiger partial charge is 0.353 e. The Morgan fingerprint density at radius 3 is 3.31 bits per heavy atom. The fourth-order valence-corrected chi connectivity index (χ4v) is 2.82. The monoisotopic (exact) mass is 242 g/mol. The van der Waals surface area contributed by atoms with Crippen molar-refractivity contribution in [1.82, 2.24) is 20.2 Å². The number of thioether (sulfide) groups is 1. The normalized spacial score (nSPS) is 30.0. The summed E-state index contributed by atoms with van der Waals surface area (Å²) in [5.41, 5.74) is 0. The zero-order chi connectivity index (χ0) is 10.8. The van der Waals surface area contributed by atoms with Crippen LogP contribution in [0.4, 0.5) is 0 Å². The molecule has 2 aliphatic rings. The van der Waals surface area contributed by atoms with E-state index in [1.54, 1.807) is 16.4 Å². The number of nitrogens with zero attached hydrogens (tertiary/aromatic N) is 4. The predicted octanol–water partition coefficient (Wildman–Crippen LogP) is 0.691. The summed E-state index contributed by atoms with van der Waals surface area (Å²) in [5, 5.41) is 12.3. The maximum absolute atomic E-state index is 5.90. The van der Waals surface area contributed by atoms with Crippen molar-refractivity contribution in [3.8, 4) is 0 Å². The van der Waals surface area contributed by atoms with Gasteiger partial charge in [0.15, 0.2) is 6.29 Å². The lowest BCUT2D eigenvalue weighted by molar-refractivity contribution is -0.186. The zero-order valence-electron chi connectivity index (χ0n) is 8.91. The molecule has 2 aliphatic heterocycles. The molecule has 16 heavy (non-hydrogen) atoms. The van der Waals surface area contributed by atoms with Crippen LogP contribution in [-0.4, -0.2) is 45.0 Å². The molecular weight excluding hydrogens is 228 g/mol. The molecule has 1 aromatic heterocycles. The highest BCUT2D eigenvalue weighted by molar-refractivity contribution is 7.99. The van der Waals surface area contributed by atoms with E-state index in [4.69, 9.17) is 9.47 Å². The number of fused-ring (bicyclic) bond motifs is 1. The van der Waals surface area contributed by atoms with Gasteiger partial charge in [0.05, 0.1) is 12.6 Å². The maximum atomic E-state index is 5.90. The van der Waals surface area contributed by atoms with Crippen LogP contribution in [0.2, 0.25) is 0 Å². The van der Waals surface area contributed by atoms with Crippen molar-refractivity contribution in [2.75, 3.05) is 12.4 Å². The van der Waals surface area contributed by atoms with Gasteiger partial charge in [0.2, 0.25) is 5.16 Å². The van der Waals surface area contributed by atoms with Crippen molar-refractivity contribution >= 4 is 11.8 Å². The van der Waals surface area contributed by atoms with Crippen LogP contribution in [0.3, 0.4) is 0 Å². The van der Waals surface area contributed by atoms with Gasteiger partial charge in [-0.25, -0.2) is 4.68 Å². The Morgan fingerprint density at radius 1 is 1.44 bits per heavy atom. The fraction of sp³-hybridized carbons (Fsp3) is 0.889. The topological polar surface area (TPSA) is 62.1 Å². The summed E-state index contributed by atoms with van der Waals surface area (Å²) in [4.78, 5) is 0. The maximum Gasteiger partial charge on any atom is 0.209 e. The molecule has 0 N–H and O–H groups in total. The lowest BCUT2D eigenvalue weighted by Gasteiger charge is -2.29. The number of tetrazole rings is 1. The van der Waals surface area contributed by atoms with Gasteiger partial charge in [-0.1, -0.05) is 11.8 Å². The van der Waals surface area contributed by atoms with E-state index in [1.807, 2.05) is 0 Å². The van der Waals surface area contributed by atoms with Crippen LogP contribution >= 0.6 is 11.8 Å². The molecule has 1 saturated heterocycles. The first-order valence-electron chi connectivity index (χ1n) is 5.58. The van der Waals surface area contributed by atoms with Crippen LogP contribution in [0.1, 0.15) is 19.3 Å². The molecule has 0 saturated carbocycles. The molecule has 0 bridgehead atoms. The second kappa shape index (κ2) is 4.68. The van der Waals surface area contributed by atoms with E-state index in [2.05, 4.69) is 15.5 Å². The average molecular weight is 242 g/mol. The Bertz CT molecular complexity index is 353. The molecular formula is C9H14N4O2S. The van der Waals surface area contributed by atoms with Crippen molar-refractivity contribution in [2.24, 2.45) is 0 Å². The second-order valence-corrected chi connectivity index (χ2v) is 5.00. The molecule has 2 atom stereocenters. The van der Waals surface area contributed by atoms with Crippen LogP contribution in [0.5, 0.6) is 0 Å². The van der Waals surface area contributed by atoms with Gasteiger partial charge in [-0.2, -0.15) is 0 Å². The van der Waals surface area contributed by atoms with Gasteiger partial charge < -0.3 is 9.47 Å². The number of rotatable bonds is 2. The Balaban J connectivity index is 1.57. The minimum Gasteiger partial charge on any atom is -0.353 e. The lowest BCUT2D eigenvalue weighted by Crippen LogP contribution is -2.34. The quantitative estimate of drug-likeness (QED) is 0.760. The SMILES string of the molecule is C1CCC(OC2CSc3nnnn3C2)OC1. The molecule has 3 rings (SSSR count). The average Bonchev–Trinajstić information content (AvgIpc) is 2.77. The van der Waals surface area contributed by atoms with E-state index in [0.29, 0.717) is 0 Å². The lowest BCUT2D eigenvalue weighted by atomic mass is 10.2. The predicted molar refractivity (Wildman–Crippen MR) is 57.0 cm³/mol. The van der Waals surface area contributed by atoms with E-state index >= 15 is 0 Å². The summed E-state index contributed by atoms with van der Waals surface area (Å²) < 4.78 is 13.3. The van der Waals surface area contributed by atoms with Crippen molar-refractivity contribution in [1.29, 1.82) is 0 Å². The first-order valence-corrected chi connectivity index (χ1v) is 6.56. The summed E-state index contributed by atoms with van der Waals surface area (Å²) >= 11 is 1.64. The van der Waals surface area contributed by atoms with Crippen LogP contribution in [0.15, 0.2) is 5.16 Å². The third-order valence-electron chi connectivity index (χ3n) is 2.76. The summed E-state index contributed by atoms with van der Waals surface area (Å²) in [6.07, 6.45) is 3.47. The van der Waals surface area contributed by atoms with Gasteiger partial charge in [-0.3, -0.25) is 0 Å². The number of hydrogen-bond acceptors (Lipinski definition) is 6. The van der Waals surface area contributed by atoms with Crippen LogP contribution in [-0.2, 0) is 16.0 Å². The molecule has 0 radical (unpaired) electrons. The summed E-state index contributed by atoms with van der Waals surface area (Å²) in [7, 11) is 0. The molecule has 1 aromatic rings. The molecule has 0 spiro atoms. The molecule has 2 unspecified atom stereocenters. The van der Waals surface area contributed by atoms with E-state index < -0.39 is 0 Å². The van der Waals surface area contributed by atoms with E-state index in [-0.39, 0.29) is 12.4 Å². The molecule has 3 heterocycles. The highest BCUT2D eigenvalue weighted by Gasteiger charge is 2.25. The van der Waals surface area contributed by atoms with Gasteiger partial charge in [0.1, 0.15) is 0 Å². The molecule has 6 nitrogen and oxygen atoms in total. The van der Waals surface area contributed by atoms with Gasteiger partial charge in [0.25, 0.3) is 0 Å². The summed E-state index contributed by atoms with van der Waals surface area (Å²) in [6, 6.07) is 0. The Morgan fingerprint density at radius 2 is 2.44 bits per heavy atom. The third-order valence-corrected chi connectivity index (χ3v) is 3.85. The van der Waals surface area contributed by atoms with Crippen molar-refractivity contribution in [3.63, 3.8) is 0 Å². The summed E-state index contributed by atoms with van der Waals surface area (Å²) in [6.45, 7) is 1.55. The Labute approximate surface area is 97.7 Å². The second-order valence-electron chi connectivity index (χ2n) is 4.01. The van der Waals surface area contributed by atoms with Crippen LogP contribution < -0.4 is 0 Å². The number of aromatic nitrogens is 4. The first kappa shape index (κ1) is 10.5. The minimum atomic E-state index is -0.0302. The van der Waals surface area contributed by atoms with E-state index in [0.717, 1.165) is 36.9 Å². The highest BCUT2D eigenvalue weighted by Crippen LogP contribution is 2.25. The highest BCUT2D eigenvalue weighted by atomic mass is 32.2. The number of hydrogen-bond donors (Lipinski definition) is 0. The summed E-state index contributed by atoms with van der Waals surface area (Å²) in [5.74, 6) is 0.903. The number of ether oxygens (including phenoxy) is 2. The van der Waals surface area contributed by atoms with Crippen molar-refractivity contribution < 1.29 is 9.47 Å². The molecule has 0 aromatic carbocycles. The van der Waals surface area contributed by atoms with Gasteiger partial charge in [0, 0.05) is 12.4 Å². The van der Waals surface area contributed by atoms with E-state index in [9.17, 15) is 0 Å². The molecule has 0 amide bonds. The zero-order valence-corrected chi connectivity index (χ0v) is 9.73. The van der Waals surface area contributed by atoms with Gasteiger partial charge in [-0.05, 0) is 29.7 Å². The standard InChI is InChI=1S/C9H14N4O2S/c1-2-4-14-8(3-1)15-7-5-13-9(16-6-7)10-11-12-13/h7-8H,1-6H2. The molecule has 1 fully saturated rings. The Hall–Kier alpha value is -0.660. The molecule has 7 heteroatoms. The smallest absolute Gasteiger partial charge is 0.209 e. The first-order chi connectivity index (χ1) is 7.92. The van der Waals surface area contributed by atoms with Gasteiger partial charge in [-0.15, -0.1) is 5.10 Å². The fourth-order valence-electron chi connectivity index (χ4n) is 1.94. The third kappa shape index (κ3) is 2.21. The molecule has 0 aliphatic carbocycles. The minimum absolute atomic E-state index is 0.0302. The van der Waals surface area contributed by atoms with Crippen molar-refractivity contribution in [3.05, 3.63) is 0 Å². The van der Waals surface area contributed by atoms with Crippen LogP contribution in [0.25, 0.3) is 0 Å². The van der Waals surface area contributed by atoms with Crippen LogP contribution in [0, 0.1) is 0 Å². The molecule has 88 valence electrons. The van der Waals surface area contributed by atoms with Gasteiger partial charge >= 0.3 is 0 Å². The van der Waals surface area contributed by atoms with E-state index in [1.165, 1.54) is 6.42 Å².